The lowest BCUT2D eigenvalue weighted by molar-refractivity contribution is -0.119. The Morgan fingerprint density at radius 1 is 1.31 bits per heavy atom. The Morgan fingerprint density at radius 3 is 3.03 bits per heavy atom. The van der Waals surface area contributed by atoms with Crippen LogP contribution in [0.3, 0.4) is 0 Å². The summed E-state index contributed by atoms with van der Waals surface area (Å²) in [7, 11) is 0. The third-order valence-electron chi connectivity index (χ3n) is 4.55. The van der Waals surface area contributed by atoms with Crippen molar-refractivity contribution < 1.29 is 9.53 Å². The van der Waals surface area contributed by atoms with Crippen LogP contribution in [0.2, 0.25) is 0 Å². The standard InChI is InChI=1S/C20H23N5O2S2/c26-18(14-29-20-22-19(23-24-20)17-7-4-10-28-17)21-11-16-13-25(8-9-27-16)12-15-5-2-1-3-6-15/h1-7,10,16H,8-9,11-14H2,(H,21,26)(H,22,23,24). The van der Waals surface area contributed by atoms with E-state index in [2.05, 4.69) is 49.7 Å². The normalized spacial score (nSPS) is 17.3. The molecular weight excluding hydrogens is 406 g/mol. The van der Waals surface area contributed by atoms with Gasteiger partial charge in [0.25, 0.3) is 0 Å². The molecule has 3 aromatic rings. The minimum atomic E-state index is -0.0405. The Kier molecular flexibility index (Phi) is 6.94. The second-order valence-electron chi connectivity index (χ2n) is 6.75. The number of amides is 1. The van der Waals surface area contributed by atoms with E-state index in [4.69, 9.17) is 4.74 Å². The average molecular weight is 430 g/mol. The van der Waals surface area contributed by atoms with Gasteiger partial charge in [-0.3, -0.25) is 14.8 Å². The van der Waals surface area contributed by atoms with Crippen LogP contribution in [0.5, 0.6) is 0 Å². The minimum Gasteiger partial charge on any atom is -0.374 e. The van der Waals surface area contributed by atoms with Crippen LogP contribution in [0.4, 0.5) is 0 Å². The summed E-state index contributed by atoms with van der Waals surface area (Å²) in [5.74, 6) is 0.973. The molecule has 152 valence electrons. The van der Waals surface area contributed by atoms with E-state index in [0.29, 0.717) is 18.3 Å². The van der Waals surface area contributed by atoms with Gasteiger partial charge in [0.1, 0.15) is 0 Å². The van der Waals surface area contributed by atoms with E-state index in [1.165, 1.54) is 17.3 Å². The first-order valence-electron chi connectivity index (χ1n) is 9.50. The molecule has 4 rings (SSSR count). The van der Waals surface area contributed by atoms with Gasteiger partial charge in [0.05, 0.1) is 23.3 Å². The molecule has 0 bridgehead atoms. The van der Waals surface area contributed by atoms with Gasteiger partial charge in [0.2, 0.25) is 11.1 Å². The van der Waals surface area contributed by atoms with Crippen LogP contribution in [-0.2, 0) is 16.1 Å². The molecule has 9 heteroatoms. The summed E-state index contributed by atoms with van der Waals surface area (Å²) < 4.78 is 5.81. The van der Waals surface area contributed by atoms with Gasteiger partial charge < -0.3 is 10.1 Å². The van der Waals surface area contributed by atoms with Crippen molar-refractivity contribution >= 4 is 29.0 Å². The van der Waals surface area contributed by atoms with Gasteiger partial charge in [0, 0.05) is 26.2 Å². The van der Waals surface area contributed by atoms with Crippen molar-refractivity contribution in [3.8, 4) is 10.7 Å². The lowest BCUT2D eigenvalue weighted by Gasteiger charge is -2.33. The summed E-state index contributed by atoms with van der Waals surface area (Å²) in [6.07, 6.45) is 0.00959. The van der Waals surface area contributed by atoms with Crippen LogP contribution in [0.25, 0.3) is 10.7 Å². The van der Waals surface area contributed by atoms with E-state index in [1.54, 1.807) is 11.3 Å². The highest BCUT2D eigenvalue weighted by molar-refractivity contribution is 7.99. The number of hydrogen-bond acceptors (Lipinski definition) is 7. The summed E-state index contributed by atoms with van der Waals surface area (Å²) in [6, 6.07) is 14.4. The van der Waals surface area contributed by atoms with E-state index in [-0.39, 0.29) is 17.8 Å². The molecule has 1 atom stereocenters. The summed E-state index contributed by atoms with van der Waals surface area (Å²) in [6.45, 7) is 3.83. The molecule has 1 aromatic carbocycles. The van der Waals surface area contributed by atoms with Crippen molar-refractivity contribution in [1.82, 2.24) is 25.4 Å². The molecule has 1 unspecified atom stereocenters. The van der Waals surface area contributed by atoms with Gasteiger partial charge in [0.15, 0.2) is 5.82 Å². The number of aromatic nitrogens is 3. The Labute approximate surface area is 177 Å². The number of carbonyl (C=O) groups is 1. The van der Waals surface area contributed by atoms with E-state index in [1.807, 2.05) is 23.6 Å². The number of benzene rings is 1. The number of ether oxygens (including phenoxy) is 1. The molecule has 7 nitrogen and oxygen atoms in total. The number of carbonyl (C=O) groups excluding carboxylic acids is 1. The number of nitrogens with zero attached hydrogens (tertiary/aromatic N) is 3. The smallest absolute Gasteiger partial charge is 0.230 e. The number of thiophene rings is 1. The SMILES string of the molecule is O=C(CSc1n[nH]c(-c2cccs2)n1)NCC1CN(Cc2ccccc2)CCO1. The Morgan fingerprint density at radius 2 is 2.21 bits per heavy atom. The third-order valence-corrected chi connectivity index (χ3v) is 6.27. The number of nitrogens with one attached hydrogen (secondary N) is 2. The molecule has 2 aromatic heterocycles. The zero-order valence-electron chi connectivity index (χ0n) is 15.9. The number of hydrogen-bond donors (Lipinski definition) is 2. The molecule has 1 amide bonds. The molecule has 29 heavy (non-hydrogen) atoms. The van der Waals surface area contributed by atoms with Gasteiger partial charge in [-0.15, -0.1) is 16.4 Å². The molecule has 3 heterocycles. The number of H-pyrrole nitrogens is 1. The van der Waals surface area contributed by atoms with Crippen LogP contribution >= 0.6 is 23.1 Å². The van der Waals surface area contributed by atoms with Gasteiger partial charge in [-0.2, -0.15) is 0 Å². The van der Waals surface area contributed by atoms with Crippen LogP contribution in [0.1, 0.15) is 5.56 Å². The number of aromatic amines is 1. The lowest BCUT2D eigenvalue weighted by atomic mass is 10.2. The molecule has 2 N–H and O–H groups in total. The van der Waals surface area contributed by atoms with Gasteiger partial charge >= 0.3 is 0 Å². The highest BCUT2D eigenvalue weighted by Gasteiger charge is 2.21. The van der Waals surface area contributed by atoms with Crippen molar-refractivity contribution in [3.63, 3.8) is 0 Å². The average Bonchev–Trinajstić information content (AvgIpc) is 3.43. The van der Waals surface area contributed by atoms with Crippen molar-refractivity contribution in [2.24, 2.45) is 0 Å². The van der Waals surface area contributed by atoms with Crippen LogP contribution in [0.15, 0.2) is 53.0 Å². The van der Waals surface area contributed by atoms with E-state index >= 15 is 0 Å². The maximum atomic E-state index is 12.2. The van der Waals surface area contributed by atoms with Crippen LogP contribution in [-0.4, -0.2) is 64.1 Å². The Bertz CT molecular complexity index is 901. The second kappa shape index (κ2) is 10.0. The Balaban J connectivity index is 1.18. The molecule has 1 aliphatic rings. The topological polar surface area (TPSA) is 83.1 Å². The van der Waals surface area contributed by atoms with Crippen molar-refractivity contribution in [2.45, 2.75) is 17.8 Å². The molecule has 0 aliphatic carbocycles. The predicted molar refractivity (Wildman–Crippen MR) is 115 cm³/mol. The zero-order valence-corrected chi connectivity index (χ0v) is 17.5. The second-order valence-corrected chi connectivity index (χ2v) is 8.64. The fourth-order valence-electron chi connectivity index (χ4n) is 3.13. The zero-order chi connectivity index (χ0) is 19.9. The molecule has 1 aliphatic heterocycles. The predicted octanol–water partition coefficient (Wildman–Crippen LogP) is 2.64. The minimum absolute atomic E-state index is 0.00959. The fourth-order valence-corrected chi connectivity index (χ4v) is 4.42. The number of rotatable bonds is 8. The lowest BCUT2D eigenvalue weighted by Crippen LogP contribution is -2.47. The monoisotopic (exact) mass is 429 g/mol. The largest absolute Gasteiger partial charge is 0.374 e. The van der Waals surface area contributed by atoms with Crippen molar-refractivity contribution in [2.75, 3.05) is 32.0 Å². The first-order chi connectivity index (χ1) is 14.3. The molecule has 0 saturated carbocycles. The molecule has 1 saturated heterocycles. The van der Waals surface area contributed by atoms with Gasteiger partial charge in [-0.05, 0) is 17.0 Å². The first kappa shape index (κ1) is 20.1. The quantitative estimate of drug-likeness (QED) is 0.536. The summed E-state index contributed by atoms with van der Waals surface area (Å²) in [5, 5.41) is 12.6. The first-order valence-corrected chi connectivity index (χ1v) is 11.4. The fraction of sp³-hybridized carbons (Fsp3) is 0.350. The third kappa shape index (κ3) is 5.89. The maximum absolute atomic E-state index is 12.2. The summed E-state index contributed by atoms with van der Waals surface area (Å²) in [5.41, 5.74) is 1.29. The number of thioether (sulfide) groups is 1. The van der Waals surface area contributed by atoms with Gasteiger partial charge in [-0.25, -0.2) is 4.98 Å². The molecular formula is C20H23N5O2S2. The van der Waals surface area contributed by atoms with E-state index < -0.39 is 0 Å². The van der Waals surface area contributed by atoms with Gasteiger partial charge in [-0.1, -0.05) is 48.2 Å². The maximum Gasteiger partial charge on any atom is 0.230 e. The molecule has 0 spiro atoms. The highest BCUT2D eigenvalue weighted by atomic mass is 32.2. The van der Waals surface area contributed by atoms with Crippen LogP contribution in [0, 0.1) is 0 Å². The highest BCUT2D eigenvalue weighted by Crippen LogP contribution is 2.23. The van der Waals surface area contributed by atoms with Crippen molar-refractivity contribution in [1.29, 1.82) is 0 Å². The molecule has 1 fully saturated rings. The van der Waals surface area contributed by atoms with Crippen molar-refractivity contribution in [3.05, 3.63) is 53.4 Å². The molecule has 0 radical (unpaired) electrons. The summed E-state index contributed by atoms with van der Waals surface area (Å²) in [4.78, 5) is 20.0. The van der Waals surface area contributed by atoms with Crippen LogP contribution < -0.4 is 5.32 Å². The summed E-state index contributed by atoms with van der Waals surface area (Å²) >= 11 is 2.92. The number of morpholine rings is 1. The van der Waals surface area contributed by atoms with E-state index in [9.17, 15) is 4.79 Å². The Hall–Kier alpha value is -2.20. The van der Waals surface area contributed by atoms with E-state index in [0.717, 1.165) is 30.3 Å².